The molecule has 18 heavy (non-hydrogen) atoms. The van der Waals surface area contributed by atoms with E-state index in [1.165, 1.54) is 44.9 Å². The quantitative estimate of drug-likeness (QED) is 0.581. The van der Waals surface area contributed by atoms with Gasteiger partial charge in [0.05, 0.1) is 0 Å². The molecule has 0 aliphatic heterocycles. The summed E-state index contributed by atoms with van der Waals surface area (Å²) < 4.78 is 0. The zero-order chi connectivity index (χ0) is 13.1. The van der Waals surface area contributed by atoms with Gasteiger partial charge in [0, 0.05) is 0 Å². The van der Waals surface area contributed by atoms with Gasteiger partial charge in [-0.2, -0.15) is 0 Å². The van der Waals surface area contributed by atoms with Crippen molar-refractivity contribution in [1.29, 1.82) is 0 Å². The standard InChI is InChI=1S/C18H34/c1-5-7-15(6-2)18-14(4)9-10-16-12-13(3)8-11-17(16)18/h13-18H,5-12H2,1-4H3. The molecule has 2 aliphatic carbocycles. The summed E-state index contributed by atoms with van der Waals surface area (Å²) in [5, 5.41) is 0. The topological polar surface area (TPSA) is 0 Å². The highest BCUT2D eigenvalue weighted by Gasteiger charge is 2.42. The van der Waals surface area contributed by atoms with Crippen LogP contribution in [0.15, 0.2) is 0 Å². The molecule has 6 atom stereocenters. The van der Waals surface area contributed by atoms with Crippen LogP contribution in [-0.2, 0) is 0 Å². The Kier molecular flexibility index (Phi) is 5.15. The maximum atomic E-state index is 2.55. The van der Waals surface area contributed by atoms with E-state index in [-0.39, 0.29) is 0 Å². The van der Waals surface area contributed by atoms with Crippen LogP contribution >= 0.6 is 0 Å². The lowest BCUT2D eigenvalue weighted by atomic mass is 9.56. The molecule has 2 saturated carbocycles. The van der Waals surface area contributed by atoms with Gasteiger partial charge in [0.25, 0.3) is 0 Å². The van der Waals surface area contributed by atoms with Crippen LogP contribution in [0.4, 0.5) is 0 Å². The van der Waals surface area contributed by atoms with Crippen molar-refractivity contribution < 1.29 is 0 Å². The SMILES string of the molecule is CCCC(CC)C1C(C)CCC2CC(C)CCC21. The normalized spacial score (nSPS) is 42.3. The van der Waals surface area contributed by atoms with Crippen LogP contribution in [0.1, 0.15) is 79.1 Å². The fourth-order valence-corrected chi connectivity index (χ4v) is 5.31. The van der Waals surface area contributed by atoms with Gasteiger partial charge in [-0.15, -0.1) is 0 Å². The lowest BCUT2D eigenvalue weighted by molar-refractivity contribution is 0.00595. The molecule has 6 unspecified atom stereocenters. The van der Waals surface area contributed by atoms with Crippen molar-refractivity contribution in [3.8, 4) is 0 Å². The largest absolute Gasteiger partial charge is 0.0654 e. The second-order valence-electron chi connectivity index (χ2n) is 7.43. The summed E-state index contributed by atoms with van der Waals surface area (Å²) in [6.07, 6.45) is 11.9. The average molecular weight is 250 g/mol. The first kappa shape index (κ1) is 14.4. The lowest BCUT2D eigenvalue weighted by Gasteiger charge is -2.49. The van der Waals surface area contributed by atoms with Crippen LogP contribution < -0.4 is 0 Å². The van der Waals surface area contributed by atoms with E-state index < -0.39 is 0 Å². The molecule has 0 aromatic carbocycles. The zero-order valence-electron chi connectivity index (χ0n) is 13.1. The van der Waals surface area contributed by atoms with Crippen LogP contribution in [0, 0.1) is 35.5 Å². The lowest BCUT2D eigenvalue weighted by Crippen LogP contribution is -2.41. The van der Waals surface area contributed by atoms with E-state index in [9.17, 15) is 0 Å². The summed E-state index contributed by atoms with van der Waals surface area (Å²) in [7, 11) is 0. The first-order valence-electron chi connectivity index (χ1n) is 8.67. The number of hydrogen-bond donors (Lipinski definition) is 0. The first-order valence-corrected chi connectivity index (χ1v) is 8.67. The van der Waals surface area contributed by atoms with Crippen molar-refractivity contribution in [2.75, 3.05) is 0 Å². The van der Waals surface area contributed by atoms with Crippen molar-refractivity contribution in [1.82, 2.24) is 0 Å². The van der Waals surface area contributed by atoms with Gasteiger partial charge in [0.1, 0.15) is 0 Å². The van der Waals surface area contributed by atoms with E-state index in [0.717, 1.165) is 35.5 Å². The van der Waals surface area contributed by atoms with E-state index in [1.807, 2.05) is 0 Å². The highest BCUT2D eigenvalue weighted by molar-refractivity contribution is 4.92. The average Bonchev–Trinajstić information content (AvgIpc) is 2.37. The fourth-order valence-electron chi connectivity index (χ4n) is 5.31. The van der Waals surface area contributed by atoms with E-state index in [1.54, 1.807) is 6.42 Å². The molecule has 0 nitrogen and oxygen atoms in total. The number of fused-ring (bicyclic) bond motifs is 1. The molecule has 0 N–H and O–H groups in total. The Labute approximate surface area is 115 Å². The van der Waals surface area contributed by atoms with E-state index in [0.29, 0.717) is 0 Å². The van der Waals surface area contributed by atoms with E-state index >= 15 is 0 Å². The predicted octanol–water partition coefficient (Wildman–Crippen LogP) is 5.91. The molecule has 0 spiro atoms. The number of hydrogen-bond acceptors (Lipinski definition) is 0. The smallest absolute Gasteiger partial charge is 0.0329 e. The Morgan fingerprint density at radius 3 is 2.44 bits per heavy atom. The molecule has 0 aromatic heterocycles. The highest BCUT2D eigenvalue weighted by Crippen LogP contribution is 2.51. The fraction of sp³-hybridized carbons (Fsp3) is 1.00. The van der Waals surface area contributed by atoms with Crippen molar-refractivity contribution in [3.63, 3.8) is 0 Å². The molecule has 0 saturated heterocycles. The summed E-state index contributed by atoms with van der Waals surface area (Å²) in [6.45, 7) is 9.84. The molecule has 0 heterocycles. The third kappa shape index (κ3) is 2.94. The van der Waals surface area contributed by atoms with Crippen LogP contribution in [0.2, 0.25) is 0 Å². The molecule has 106 valence electrons. The van der Waals surface area contributed by atoms with Crippen molar-refractivity contribution in [3.05, 3.63) is 0 Å². The Bertz CT molecular complexity index is 244. The monoisotopic (exact) mass is 250 g/mol. The van der Waals surface area contributed by atoms with Gasteiger partial charge < -0.3 is 0 Å². The van der Waals surface area contributed by atoms with E-state index in [2.05, 4.69) is 27.7 Å². The summed E-state index contributed by atoms with van der Waals surface area (Å²) in [6, 6.07) is 0. The minimum Gasteiger partial charge on any atom is -0.0654 e. The molecule has 2 aliphatic rings. The van der Waals surface area contributed by atoms with Gasteiger partial charge in [-0.25, -0.2) is 0 Å². The maximum absolute atomic E-state index is 2.55. The molecule has 0 radical (unpaired) electrons. The minimum atomic E-state index is 0.996. The molecule has 0 heteroatoms. The molecular weight excluding hydrogens is 216 g/mol. The summed E-state index contributed by atoms with van der Waals surface area (Å²) >= 11 is 0. The molecule has 2 rings (SSSR count). The summed E-state index contributed by atoms with van der Waals surface area (Å²) in [5.74, 6) is 6.25. The Morgan fingerprint density at radius 1 is 1.00 bits per heavy atom. The first-order chi connectivity index (χ1) is 8.67. The molecule has 0 aromatic rings. The van der Waals surface area contributed by atoms with Gasteiger partial charge in [-0.3, -0.25) is 0 Å². The maximum Gasteiger partial charge on any atom is -0.0329 e. The van der Waals surface area contributed by atoms with E-state index in [4.69, 9.17) is 0 Å². The third-order valence-electron chi connectivity index (χ3n) is 6.18. The van der Waals surface area contributed by atoms with Crippen LogP contribution in [0.25, 0.3) is 0 Å². The second kappa shape index (κ2) is 6.44. The van der Waals surface area contributed by atoms with Crippen molar-refractivity contribution >= 4 is 0 Å². The van der Waals surface area contributed by atoms with Crippen LogP contribution in [0.3, 0.4) is 0 Å². The Hall–Kier alpha value is 0. The minimum absolute atomic E-state index is 0.996. The van der Waals surface area contributed by atoms with Gasteiger partial charge in [0.2, 0.25) is 0 Å². The summed E-state index contributed by atoms with van der Waals surface area (Å²) in [5.41, 5.74) is 0. The molecule has 0 amide bonds. The zero-order valence-corrected chi connectivity index (χ0v) is 13.1. The second-order valence-corrected chi connectivity index (χ2v) is 7.43. The third-order valence-corrected chi connectivity index (χ3v) is 6.18. The molecule has 0 bridgehead atoms. The highest BCUT2D eigenvalue weighted by atomic mass is 14.5. The Morgan fingerprint density at radius 2 is 1.78 bits per heavy atom. The predicted molar refractivity (Wildman–Crippen MR) is 80.6 cm³/mol. The van der Waals surface area contributed by atoms with Gasteiger partial charge in [0.15, 0.2) is 0 Å². The summed E-state index contributed by atoms with van der Waals surface area (Å²) in [4.78, 5) is 0. The van der Waals surface area contributed by atoms with Gasteiger partial charge in [-0.05, 0) is 54.8 Å². The van der Waals surface area contributed by atoms with Gasteiger partial charge >= 0.3 is 0 Å². The molecular formula is C18H34. The van der Waals surface area contributed by atoms with Crippen molar-refractivity contribution in [2.24, 2.45) is 35.5 Å². The molecule has 2 fully saturated rings. The van der Waals surface area contributed by atoms with Crippen LogP contribution in [-0.4, -0.2) is 0 Å². The number of rotatable bonds is 4. The van der Waals surface area contributed by atoms with Gasteiger partial charge in [-0.1, -0.05) is 59.8 Å². The Balaban J connectivity index is 2.09. The van der Waals surface area contributed by atoms with Crippen LogP contribution in [0.5, 0.6) is 0 Å². The van der Waals surface area contributed by atoms with Crippen molar-refractivity contribution in [2.45, 2.75) is 79.1 Å².